The quantitative estimate of drug-likeness (QED) is 0.796. The molecule has 0 amide bonds. The standard InChI is InChI=1S/C17H27NO/c1-2-11-19-17-10-6-9-16(12-17)14-18-13-15-7-4-3-5-8-15/h6,9-10,12,15,18H,2-5,7-8,11,13-14H2,1H3. The Balaban J connectivity index is 1.72. The van der Waals surface area contributed by atoms with Gasteiger partial charge in [0.15, 0.2) is 0 Å². The van der Waals surface area contributed by atoms with E-state index in [1.54, 1.807) is 0 Å². The Hall–Kier alpha value is -1.02. The van der Waals surface area contributed by atoms with Crippen LogP contribution in [0.2, 0.25) is 0 Å². The van der Waals surface area contributed by atoms with Gasteiger partial charge >= 0.3 is 0 Å². The lowest BCUT2D eigenvalue weighted by Gasteiger charge is -2.21. The molecule has 1 aromatic rings. The van der Waals surface area contributed by atoms with Gasteiger partial charge < -0.3 is 10.1 Å². The third-order valence-corrected chi connectivity index (χ3v) is 3.86. The van der Waals surface area contributed by atoms with Gasteiger partial charge in [-0.3, -0.25) is 0 Å². The average molecular weight is 261 g/mol. The zero-order chi connectivity index (χ0) is 13.3. The molecular formula is C17H27NO. The highest BCUT2D eigenvalue weighted by molar-refractivity contribution is 5.28. The highest BCUT2D eigenvalue weighted by Crippen LogP contribution is 2.23. The van der Waals surface area contributed by atoms with Crippen LogP contribution in [0.3, 0.4) is 0 Å². The van der Waals surface area contributed by atoms with Crippen LogP contribution in [0.25, 0.3) is 0 Å². The summed E-state index contributed by atoms with van der Waals surface area (Å²) in [6.45, 7) is 5.06. The lowest BCUT2D eigenvalue weighted by Crippen LogP contribution is -2.24. The van der Waals surface area contributed by atoms with E-state index in [2.05, 4.69) is 30.4 Å². The molecule has 0 bridgehead atoms. The van der Waals surface area contributed by atoms with Crippen molar-refractivity contribution in [3.05, 3.63) is 29.8 Å². The van der Waals surface area contributed by atoms with E-state index in [-0.39, 0.29) is 0 Å². The fourth-order valence-electron chi connectivity index (χ4n) is 2.78. The number of hydrogen-bond acceptors (Lipinski definition) is 2. The van der Waals surface area contributed by atoms with Crippen LogP contribution in [-0.2, 0) is 6.54 Å². The van der Waals surface area contributed by atoms with Crippen molar-refractivity contribution in [2.45, 2.75) is 52.0 Å². The second-order valence-corrected chi connectivity index (χ2v) is 5.63. The molecule has 2 rings (SSSR count). The number of benzene rings is 1. The minimum Gasteiger partial charge on any atom is -0.494 e. The van der Waals surface area contributed by atoms with E-state index in [1.165, 1.54) is 44.2 Å². The lowest BCUT2D eigenvalue weighted by molar-refractivity contribution is 0.316. The van der Waals surface area contributed by atoms with E-state index in [9.17, 15) is 0 Å². The van der Waals surface area contributed by atoms with Crippen molar-refractivity contribution in [2.24, 2.45) is 5.92 Å². The maximum Gasteiger partial charge on any atom is 0.119 e. The van der Waals surface area contributed by atoms with Crippen molar-refractivity contribution in [1.82, 2.24) is 5.32 Å². The summed E-state index contributed by atoms with van der Waals surface area (Å²) in [5.41, 5.74) is 1.32. The molecule has 0 aromatic heterocycles. The molecule has 0 unspecified atom stereocenters. The summed E-state index contributed by atoms with van der Waals surface area (Å²) in [4.78, 5) is 0. The van der Waals surface area contributed by atoms with Crippen molar-refractivity contribution in [3.63, 3.8) is 0 Å². The van der Waals surface area contributed by atoms with Crippen LogP contribution in [0.4, 0.5) is 0 Å². The van der Waals surface area contributed by atoms with Crippen LogP contribution < -0.4 is 10.1 Å². The summed E-state index contributed by atoms with van der Waals surface area (Å²) >= 11 is 0. The van der Waals surface area contributed by atoms with Gasteiger partial charge in [-0.15, -0.1) is 0 Å². The summed E-state index contributed by atoms with van der Waals surface area (Å²) in [6, 6.07) is 8.46. The Morgan fingerprint density at radius 2 is 2.05 bits per heavy atom. The van der Waals surface area contributed by atoms with E-state index >= 15 is 0 Å². The minimum atomic E-state index is 0.805. The van der Waals surface area contributed by atoms with E-state index in [4.69, 9.17) is 4.74 Å². The van der Waals surface area contributed by atoms with Crippen molar-refractivity contribution in [1.29, 1.82) is 0 Å². The van der Waals surface area contributed by atoms with Gasteiger partial charge in [0.2, 0.25) is 0 Å². The topological polar surface area (TPSA) is 21.3 Å². The molecule has 1 aliphatic rings. The molecule has 2 heteroatoms. The molecule has 1 N–H and O–H groups in total. The molecule has 0 radical (unpaired) electrons. The third kappa shape index (κ3) is 5.23. The summed E-state index contributed by atoms with van der Waals surface area (Å²) < 4.78 is 5.66. The number of nitrogens with one attached hydrogen (secondary N) is 1. The second-order valence-electron chi connectivity index (χ2n) is 5.63. The Kier molecular flexibility index (Phi) is 6.22. The van der Waals surface area contributed by atoms with Gasteiger partial charge in [-0.25, -0.2) is 0 Å². The SMILES string of the molecule is CCCOc1cccc(CNCC2CCCCC2)c1. The maximum absolute atomic E-state index is 5.66. The van der Waals surface area contributed by atoms with Gasteiger partial charge in [0.05, 0.1) is 6.61 Å². The summed E-state index contributed by atoms with van der Waals surface area (Å²) in [7, 11) is 0. The fraction of sp³-hybridized carbons (Fsp3) is 0.647. The molecule has 1 fully saturated rings. The van der Waals surface area contributed by atoms with Crippen LogP contribution >= 0.6 is 0 Å². The van der Waals surface area contributed by atoms with Gasteiger partial charge in [-0.05, 0) is 49.4 Å². The highest BCUT2D eigenvalue weighted by Gasteiger charge is 2.12. The largest absolute Gasteiger partial charge is 0.494 e. The Bertz CT molecular complexity index is 358. The monoisotopic (exact) mass is 261 g/mol. The van der Waals surface area contributed by atoms with Gasteiger partial charge in [0, 0.05) is 6.54 Å². The smallest absolute Gasteiger partial charge is 0.119 e. The predicted molar refractivity (Wildman–Crippen MR) is 80.5 cm³/mol. The Morgan fingerprint density at radius 3 is 2.84 bits per heavy atom. The number of ether oxygens (including phenoxy) is 1. The maximum atomic E-state index is 5.66. The molecule has 1 saturated carbocycles. The first-order valence-corrected chi connectivity index (χ1v) is 7.81. The zero-order valence-electron chi connectivity index (χ0n) is 12.2. The molecule has 0 spiro atoms. The van der Waals surface area contributed by atoms with Crippen molar-refractivity contribution in [2.75, 3.05) is 13.2 Å². The molecule has 1 aliphatic carbocycles. The average Bonchev–Trinajstić information content (AvgIpc) is 2.47. The van der Waals surface area contributed by atoms with E-state index in [0.29, 0.717) is 0 Å². The first-order valence-electron chi connectivity index (χ1n) is 7.81. The first-order chi connectivity index (χ1) is 9.38. The molecule has 0 atom stereocenters. The van der Waals surface area contributed by atoms with Crippen LogP contribution in [-0.4, -0.2) is 13.2 Å². The predicted octanol–water partition coefficient (Wildman–Crippen LogP) is 4.15. The third-order valence-electron chi connectivity index (χ3n) is 3.86. The number of hydrogen-bond donors (Lipinski definition) is 1. The molecule has 0 saturated heterocycles. The molecule has 2 nitrogen and oxygen atoms in total. The molecule has 106 valence electrons. The van der Waals surface area contributed by atoms with Crippen LogP contribution in [0, 0.1) is 5.92 Å². The zero-order valence-corrected chi connectivity index (χ0v) is 12.2. The fourth-order valence-corrected chi connectivity index (χ4v) is 2.78. The summed E-state index contributed by atoms with van der Waals surface area (Å²) in [6.07, 6.45) is 8.16. The molecule has 1 aromatic carbocycles. The Labute approximate surface area is 117 Å². The lowest BCUT2D eigenvalue weighted by atomic mass is 9.89. The van der Waals surface area contributed by atoms with E-state index in [1.807, 2.05) is 6.07 Å². The van der Waals surface area contributed by atoms with E-state index in [0.717, 1.165) is 31.2 Å². The van der Waals surface area contributed by atoms with Gasteiger partial charge in [0.25, 0.3) is 0 Å². The minimum absolute atomic E-state index is 0.805. The van der Waals surface area contributed by atoms with Crippen molar-refractivity contribution >= 4 is 0 Å². The molecule has 19 heavy (non-hydrogen) atoms. The van der Waals surface area contributed by atoms with Crippen LogP contribution in [0.1, 0.15) is 51.0 Å². The van der Waals surface area contributed by atoms with E-state index < -0.39 is 0 Å². The molecule has 0 heterocycles. The van der Waals surface area contributed by atoms with Crippen LogP contribution in [0.5, 0.6) is 5.75 Å². The van der Waals surface area contributed by atoms with Gasteiger partial charge in [-0.2, -0.15) is 0 Å². The first kappa shape index (κ1) is 14.4. The number of rotatable bonds is 7. The van der Waals surface area contributed by atoms with Gasteiger partial charge in [-0.1, -0.05) is 38.3 Å². The Morgan fingerprint density at radius 1 is 1.21 bits per heavy atom. The van der Waals surface area contributed by atoms with Crippen molar-refractivity contribution < 1.29 is 4.74 Å². The van der Waals surface area contributed by atoms with Gasteiger partial charge in [0.1, 0.15) is 5.75 Å². The van der Waals surface area contributed by atoms with Crippen LogP contribution in [0.15, 0.2) is 24.3 Å². The van der Waals surface area contributed by atoms with Crippen molar-refractivity contribution in [3.8, 4) is 5.75 Å². The summed E-state index contributed by atoms with van der Waals surface area (Å²) in [5.74, 6) is 1.90. The molecular weight excluding hydrogens is 234 g/mol. The summed E-state index contributed by atoms with van der Waals surface area (Å²) in [5, 5.41) is 3.60. The normalized spacial score (nSPS) is 16.5. The second kappa shape index (κ2) is 8.21. The highest BCUT2D eigenvalue weighted by atomic mass is 16.5. The molecule has 0 aliphatic heterocycles.